The van der Waals surface area contributed by atoms with Crippen molar-refractivity contribution in [3.8, 4) is 0 Å². The highest BCUT2D eigenvalue weighted by atomic mass is 19.3. The summed E-state index contributed by atoms with van der Waals surface area (Å²) in [4.78, 5) is 10.6. The van der Waals surface area contributed by atoms with Crippen LogP contribution in [0.25, 0.3) is 0 Å². The lowest BCUT2D eigenvalue weighted by Crippen LogP contribution is -2.49. The van der Waals surface area contributed by atoms with Crippen LogP contribution in [-0.2, 0) is 0 Å². The molecule has 1 saturated carbocycles. The molecule has 8 heteroatoms. The predicted octanol–water partition coefficient (Wildman–Crippen LogP) is 1.14. The molecule has 1 fully saturated rings. The van der Waals surface area contributed by atoms with Gasteiger partial charge in [0.2, 0.25) is 0 Å². The summed E-state index contributed by atoms with van der Waals surface area (Å²) in [5.41, 5.74) is -0.236. The Kier molecular flexibility index (Phi) is 3.61. The van der Waals surface area contributed by atoms with E-state index in [0.717, 1.165) is 0 Å². The van der Waals surface area contributed by atoms with Gasteiger partial charge in [0.1, 0.15) is 11.9 Å². The second kappa shape index (κ2) is 5.04. The number of halogens is 2. The number of alkyl halides is 2. The molecule has 0 aliphatic heterocycles. The second-order valence-corrected chi connectivity index (χ2v) is 4.46. The smallest absolute Gasteiger partial charge is 0.356 e. The van der Waals surface area contributed by atoms with Crippen LogP contribution in [0.2, 0.25) is 0 Å². The maximum absolute atomic E-state index is 13.3. The topological polar surface area (TPSA) is 95.3 Å². The van der Waals surface area contributed by atoms with Crippen LogP contribution >= 0.6 is 0 Å². The molecule has 1 heterocycles. The Morgan fingerprint density at radius 1 is 1.42 bits per heavy atom. The van der Waals surface area contributed by atoms with Crippen molar-refractivity contribution in [1.82, 2.24) is 10.2 Å². The standard InChI is InChI=1S/C11H13F2N3O3/c12-11(13)5-1-2-6(9(11)17)14-8-4-3-7(10(18)19)15-16-8/h3-4,6,9,17H,1-2,5H2,(H,14,16)(H,18,19)/t6-,9+/m0/s1. The van der Waals surface area contributed by atoms with Crippen LogP contribution in [0.15, 0.2) is 12.1 Å². The lowest BCUT2D eigenvalue weighted by atomic mass is 9.89. The van der Waals surface area contributed by atoms with E-state index in [1.807, 2.05) is 0 Å². The fraction of sp³-hybridized carbons (Fsp3) is 0.545. The third-order valence-corrected chi connectivity index (χ3v) is 3.06. The number of aromatic nitrogens is 2. The number of aromatic carboxylic acids is 1. The van der Waals surface area contributed by atoms with E-state index >= 15 is 0 Å². The van der Waals surface area contributed by atoms with Crippen LogP contribution in [-0.4, -0.2) is 44.4 Å². The van der Waals surface area contributed by atoms with E-state index in [1.54, 1.807) is 0 Å². The van der Waals surface area contributed by atoms with Crippen LogP contribution < -0.4 is 5.32 Å². The van der Waals surface area contributed by atoms with Crippen molar-refractivity contribution in [2.75, 3.05) is 5.32 Å². The fourth-order valence-corrected chi connectivity index (χ4v) is 2.02. The second-order valence-electron chi connectivity index (χ2n) is 4.46. The molecule has 0 aromatic carbocycles. The number of anilines is 1. The summed E-state index contributed by atoms with van der Waals surface area (Å²) >= 11 is 0. The van der Waals surface area contributed by atoms with Crippen LogP contribution in [0.4, 0.5) is 14.6 Å². The molecule has 0 amide bonds. The highest BCUT2D eigenvalue weighted by molar-refractivity contribution is 5.85. The van der Waals surface area contributed by atoms with Crippen molar-refractivity contribution in [3.05, 3.63) is 17.8 Å². The van der Waals surface area contributed by atoms with Crippen molar-refractivity contribution in [2.45, 2.75) is 37.3 Å². The summed E-state index contributed by atoms with van der Waals surface area (Å²) in [5.74, 6) is -4.18. The lowest BCUT2D eigenvalue weighted by Gasteiger charge is -2.34. The summed E-state index contributed by atoms with van der Waals surface area (Å²) in [5, 5.41) is 27.8. The van der Waals surface area contributed by atoms with Crippen molar-refractivity contribution in [3.63, 3.8) is 0 Å². The number of hydrogen-bond donors (Lipinski definition) is 3. The zero-order chi connectivity index (χ0) is 14.0. The number of nitrogens with one attached hydrogen (secondary N) is 1. The molecule has 1 aromatic rings. The summed E-state index contributed by atoms with van der Waals surface area (Å²) in [7, 11) is 0. The third-order valence-electron chi connectivity index (χ3n) is 3.06. The molecule has 0 saturated heterocycles. The molecule has 104 valence electrons. The number of hydrogen-bond acceptors (Lipinski definition) is 5. The molecule has 1 aliphatic carbocycles. The molecule has 6 nitrogen and oxygen atoms in total. The van der Waals surface area contributed by atoms with Gasteiger partial charge in [-0.1, -0.05) is 0 Å². The van der Waals surface area contributed by atoms with Crippen LogP contribution in [0.5, 0.6) is 0 Å². The van der Waals surface area contributed by atoms with Gasteiger partial charge < -0.3 is 15.5 Å². The summed E-state index contributed by atoms with van der Waals surface area (Å²) in [6.07, 6.45) is -1.44. The predicted molar refractivity (Wildman–Crippen MR) is 61.2 cm³/mol. The van der Waals surface area contributed by atoms with E-state index < -0.39 is 24.0 Å². The first-order valence-electron chi connectivity index (χ1n) is 5.79. The number of rotatable bonds is 3. The molecule has 0 bridgehead atoms. The minimum atomic E-state index is -3.12. The van der Waals surface area contributed by atoms with Gasteiger partial charge in [0.15, 0.2) is 5.69 Å². The van der Waals surface area contributed by atoms with E-state index in [4.69, 9.17) is 5.11 Å². The zero-order valence-electron chi connectivity index (χ0n) is 9.88. The number of aliphatic hydroxyl groups is 1. The molecule has 0 unspecified atom stereocenters. The normalized spacial score (nSPS) is 25.8. The molecule has 0 radical (unpaired) electrons. The van der Waals surface area contributed by atoms with Gasteiger partial charge in [-0.3, -0.25) is 0 Å². The molecule has 1 aliphatic rings. The maximum Gasteiger partial charge on any atom is 0.356 e. The van der Waals surface area contributed by atoms with Crippen molar-refractivity contribution < 1.29 is 23.8 Å². The van der Waals surface area contributed by atoms with Gasteiger partial charge in [0, 0.05) is 6.42 Å². The van der Waals surface area contributed by atoms with Gasteiger partial charge in [-0.15, -0.1) is 10.2 Å². The van der Waals surface area contributed by atoms with E-state index in [9.17, 15) is 18.7 Å². The molecule has 3 N–H and O–H groups in total. The van der Waals surface area contributed by atoms with Crippen LogP contribution in [0.3, 0.4) is 0 Å². The number of aliphatic hydroxyl groups excluding tert-OH is 1. The van der Waals surface area contributed by atoms with Gasteiger partial charge in [0.05, 0.1) is 6.04 Å². The van der Waals surface area contributed by atoms with Gasteiger partial charge in [-0.2, -0.15) is 0 Å². The molecule has 19 heavy (non-hydrogen) atoms. The van der Waals surface area contributed by atoms with Crippen molar-refractivity contribution in [1.29, 1.82) is 0 Å². The van der Waals surface area contributed by atoms with E-state index in [1.165, 1.54) is 12.1 Å². The Morgan fingerprint density at radius 2 is 2.16 bits per heavy atom. The van der Waals surface area contributed by atoms with Gasteiger partial charge >= 0.3 is 5.97 Å². The van der Waals surface area contributed by atoms with Crippen LogP contribution in [0, 0.1) is 0 Å². The van der Waals surface area contributed by atoms with E-state index in [2.05, 4.69) is 15.5 Å². The molecule has 0 spiro atoms. The van der Waals surface area contributed by atoms with Crippen LogP contribution in [0.1, 0.15) is 29.8 Å². The molecule has 2 rings (SSSR count). The largest absolute Gasteiger partial charge is 0.476 e. The number of carbonyl (C=O) groups is 1. The summed E-state index contributed by atoms with van der Waals surface area (Å²) in [6.45, 7) is 0. The Morgan fingerprint density at radius 3 is 2.74 bits per heavy atom. The lowest BCUT2D eigenvalue weighted by molar-refractivity contribution is -0.135. The summed E-state index contributed by atoms with van der Waals surface area (Å²) in [6, 6.07) is 1.72. The van der Waals surface area contributed by atoms with Gasteiger partial charge in [0.25, 0.3) is 5.92 Å². The van der Waals surface area contributed by atoms with Crippen molar-refractivity contribution >= 4 is 11.8 Å². The molecular weight excluding hydrogens is 260 g/mol. The van der Waals surface area contributed by atoms with E-state index in [0.29, 0.717) is 12.8 Å². The number of carboxylic acids is 1. The minimum absolute atomic E-state index is 0.159. The first-order valence-corrected chi connectivity index (χ1v) is 5.79. The molecule has 1 aromatic heterocycles. The quantitative estimate of drug-likeness (QED) is 0.764. The third kappa shape index (κ3) is 2.95. The van der Waals surface area contributed by atoms with Gasteiger partial charge in [-0.05, 0) is 25.0 Å². The average molecular weight is 273 g/mol. The molecule has 2 atom stereocenters. The SMILES string of the molecule is O=C(O)c1ccc(N[C@H]2CCCC(F)(F)[C@@H]2O)nn1. The molecular formula is C11H13F2N3O3. The maximum atomic E-state index is 13.3. The monoisotopic (exact) mass is 273 g/mol. The Hall–Kier alpha value is -1.83. The highest BCUT2D eigenvalue weighted by Gasteiger charge is 2.46. The minimum Gasteiger partial charge on any atom is -0.476 e. The van der Waals surface area contributed by atoms with Crippen molar-refractivity contribution in [2.24, 2.45) is 0 Å². The Balaban J connectivity index is 2.06. The zero-order valence-corrected chi connectivity index (χ0v) is 9.88. The first kappa shape index (κ1) is 13.6. The Bertz CT molecular complexity index is 467. The number of carboxylic acid groups (broad SMARTS) is 1. The first-order chi connectivity index (χ1) is 8.90. The fourth-order valence-electron chi connectivity index (χ4n) is 2.02. The number of nitrogens with zero attached hydrogens (tertiary/aromatic N) is 2. The highest BCUT2D eigenvalue weighted by Crippen LogP contribution is 2.34. The Labute approximate surface area is 107 Å². The van der Waals surface area contributed by atoms with E-state index in [-0.39, 0.29) is 17.9 Å². The average Bonchev–Trinajstić information content (AvgIpc) is 2.35. The van der Waals surface area contributed by atoms with Gasteiger partial charge in [-0.25, -0.2) is 13.6 Å². The summed E-state index contributed by atoms with van der Waals surface area (Å²) < 4.78 is 26.6.